The summed E-state index contributed by atoms with van der Waals surface area (Å²) in [5.41, 5.74) is 2.90. The van der Waals surface area contributed by atoms with Crippen LogP contribution in [0.2, 0.25) is 0 Å². The molecule has 0 spiro atoms. The van der Waals surface area contributed by atoms with Crippen molar-refractivity contribution < 1.29 is 4.79 Å². The molecule has 1 saturated carbocycles. The van der Waals surface area contributed by atoms with Crippen LogP contribution >= 0.6 is 11.8 Å². The van der Waals surface area contributed by atoms with Gasteiger partial charge in [0, 0.05) is 35.9 Å². The SMILES string of the molecule is O=C(CSC1CCCC1)NCc1ccc(-c2cccnc2)nc1. The Balaban J connectivity index is 1.45. The summed E-state index contributed by atoms with van der Waals surface area (Å²) in [4.78, 5) is 20.4. The van der Waals surface area contributed by atoms with Crippen LogP contribution in [-0.2, 0) is 11.3 Å². The maximum atomic E-state index is 11.9. The molecular weight excluding hydrogens is 306 g/mol. The lowest BCUT2D eigenvalue weighted by molar-refractivity contribution is -0.118. The summed E-state index contributed by atoms with van der Waals surface area (Å²) >= 11 is 1.79. The lowest BCUT2D eigenvalue weighted by atomic mass is 10.1. The van der Waals surface area contributed by atoms with Crippen LogP contribution in [0.1, 0.15) is 31.2 Å². The molecule has 0 radical (unpaired) electrons. The minimum Gasteiger partial charge on any atom is -0.351 e. The first-order chi connectivity index (χ1) is 11.3. The Labute approximate surface area is 141 Å². The number of amides is 1. The van der Waals surface area contributed by atoms with E-state index in [0.29, 0.717) is 17.5 Å². The van der Waals surface area contributed by atoms with Gasteiger partial charge in [0.15, 0.2) is 0 Å². The van der Waals surface area contributed by atoms with Gasteiger partial charge in [0.1, 0.15) is 0 Å². The van der Waals surface area contributed by atoms with E-state index in [1.54, 1.807) is 24.2 Å². The first kappa shape index (κ1) is 16.0. The maximum Gasteiger partial charge on any atom is 0.230 e. The van der Waals surface area contributed by atoms with Gasteiger partial charge in [0.2, 0.25) is 5.91 Å². The van der Waals surface area contributed by atoms with Gasteiger partial charge in [0.05, 0.1) is 11.4 Å². The molecule has 2 heterocycles. The smallest absolute Gasteiger partial charge is 0.230 e. The van der Waals surface area contributed by atoms with Crippen molar-refractivity contribution >= 4 is 17.7 Å². The zero-order chi connectivity index (χ0) is 15.9. The molecule has 0 aliphatic heterocycles. The molecule has 1 N–H and O–H groups in total. The fourth-order valence-corrected chi connectivity index (χ4v) is 3.87. The summed E-state index contributed by atoms with van der Waals surface area (Å²) in [5, 5.41) is 3.65. The minimum atomic E-state index is 0.109. The number of nitrogens with one attached hydrogen (secondary N) is 1. The second kappa shape index (κ2) is 8.11. The fraction of sp³-hybridized carbons (Fsp3) is 0.389. The summed E-state index contributed by atoms with van der Waals surface area (Å²) in [6.45, 7) is 0.532. The maximum absolute atomic E-state index is 11.9. The van der Waals surface area contributed by atoms with Crippen molar-refractivity contribution in [3.8, 4) is 11.3 Å². The van der Waals surface area contributed by atoms with Gasteiger partial charge in [-0.1, -0.05) is 18.9 Å². The first-order valence-corrected chi connectivity index (χ1v) is 9.10. The largest absolute Gasteiger partial charge is 0.351 e. The first-order valence-electron chi connectivity index (χ1n) is 8.05. The third-order valence-electron chi connectivity index (χ3n) is 4.02. The molecule has 0 unspecified atom stereocenters. The quantitative estimate of drug-likeness (QED) is 0.883. The zero-order valence-electron chi connectivity index (χ0n) is 13.1. The number of carbonyl (C=O) groups is 1. The molecule has 1 amide bonds. The van der Waals surface area contributed by atoms with E-state index < -0.39 is 0 Å². The third kappa shape index (κ3) is 4.79. The van der Waals surface area contributed by atoms with Gasteiger partial charge in [-0.25, -0.2) is 0 Å². The van der Waals surface area contributed by atoms with Crippen LogP contribution in [0.5, 0.6) is 0 Å². The molecule has 120 valence electrons. The van der Waals surface area contributed by atoms with Crippen LogP contribution < -0.4 is 5.32 Å². The van der Waals surface area contributed by atoms with Gasteiger partial charge in [-0.05, 0) is 36.6 Å². The van der Waals surface area contributed by atoms with Crippen LogP contribution in [0, 0.1) is 0 Å². The van der Waals surface area contributed by atoms with E-state index in [4.69, 9.17) is 0 Å². The van der Waals surface area contributed by atoms with E-state index in [1.807, 2.05) is 30.5 Å². The number of nitrogens with zero attached hydrogens (tertiary/aromatic N) is 2. The Hall–Kier alpha value is -1.88. The molecule has 1 aliphatic carbocycles. The van der Waals surface area contributed by atoms with Gasteiger partial charge in [-0.15, -0.1) is 11.8 Å². The number of hydrogen-bond acceptors (Lipinski definition) is 4. The number of pyridine rings is 2. The molecule has 3 rings (SSSR count). The van der Waals surface area contributed by atoms with Crippen molar-refractivity contribution in [2.75, 3.05) is 5.75 Å². The Kier molecular flexibility index (Phi) is 5.64. The van der Waals surface area contributed by atoms with Crippen LogP contribution in [0.4, 0.5) is 0 Å². The van der Waals surface area contributed by atoms with Crippen molar-refractivity contribution in [1.82, 2.24) is 15.3 Å². The number of rotatable bonds is 6. The summed E-state index contributed by atoms with van der Waals surface area (Å²) in [6.07, 6.45) is 10.5. The van der Waals surface area contributed by atoms with Crippen LogP contribution in [0.3, 0.4) is 0 Å². The minimum absolute atomic E-state index is 0.109. The fourth-order valence-electron chi connectivity index (χ4n) is 2.71. The van der Waals surface area contributed by atoms with Crippen molar-refractivity contribution in [3.05, 3.63) is 48.4 Å². The van der Waals surface area contributed by atoms with Crippen LogP contribution in [-0.4, -0.2) is 26.9 Å². The van der Waals surface area contributed by atoms with E-state index >= 15 is 0 Å². The predicted molar refractivity (Wildman–Crippen MR) is 94.0 cm³/mol. The zero-order valence-corrected chi connectivity index (χ0v) is 13.9. The summed E-state index contributed by atoms with van der Waals surface area (Å²) < 4.78 is 0. The van der Waals surface area contributed by atoms with Gasteiger partial charge >= 0.3 is 0 Å². The van der Waals surface area contributed by atoms with E-state index in [0.717, 1.165) is 16.8 Å². The topological polar surface area (TPSA) is 54.9 Å². The Morgan fingerprint density at radius 2 is 2.09 bits per heavy atom. The van der Waals surface area contributed by atoms with E-state index in [-0.39, 0.29) is 5.91 Å². The lowest BCUT2D eigenvalue weighted by Gasteiger charge is -2.09. The number of hydrogen-bond donors (Lipinski definition) is 1. The molecule has 5 heteroatoms. The van der Waals surface area contributed by atoms with Gasteiger partial charge < -0.3 is 5.32 Å². The Morgan fingerprint density at radius 3 is 2.78 bits per heavy atom. The highest BCUT2D eigenvalue weighted by Gasteiger charge is 2.16. The summed E-state index contributed by atoms with van der Waals surface area (Å²) in [6, 6.07) is 7.84. The number of thioether (sulfide) groups is 1. The predicted octanol–water partition coefficient (Wildman–Crippen LogP) is 3.44. The normalized spacial score (nSPS) is 14.8. The molecule has 0 bridgehead atoms. The second-order valence-corrected chi connectivity index (χ2v) is 7.08. The molecule has 0 aromatic carbocycles. The van der Waals surface area contributed by atoms with Crippen LogP contribution in [0.25, 0.3) is 11.3 Å². The van der Waals surface area contributed by atoms with Gasteiger partial charge in [0.25, 0.3) is 0 Å². The van der Waals surface area contributed by atoms with E-state index in [2.05, 4.69) is 15.3 Å². The van der Waals surface area contributed by atoms with Crippen molar-refractivity contribution in [2.45, 2.75) is 37.5 Å². The average molecular weight is 327 g/mol. The number of carbonyl (C=O) groups excluding carboxylic acids is 1. The molecule has 4 nitrogen and oxygen atoms in total. The standard InChI is InChI=1S/C18H21N3OS/c22-18(13-23-16-5-1-2-6-16)21-11-14-7-8-17(20-10-14)15-4-3-9-19-12-15/h3-4,7-10,12,16H,1-2,5-6,11,13H2,(H,21,22). The molecule has 1 aliphatic rings. The highest BCUT2D eigenvalue weighted by Crippen LogP contribution is 2.29. The summed E-state index contributed by atoms with van der Waals surface area (Å²) in [5.74, 6) is 0.671. The van der Waals surface area contributed by atoms with Crippen molar-refractivity contribution in [3.63, 3.8) is 0 Å². The molecular formula is C18H21N3OS. The average Bonchev–Trinajstić information content (AvgIpc) is 3.13. The highest BCUT2D eigenvalue weighted by molar-refractivity contribution is 8.00. The molecule has 1 fully saturated rings. The van der Waals surface area contributed by atoms with Gasteiger partial charge in [-0.2, -0.15) is 0 Å². The van der Waals surface area contributed by atoms with E-state index in [1.165, 1.54) is 25.7 Å². The third-order valence-corrected chi connectivity index (χ3v) is 5.40. The van der Waals surface area contributed by atoms with E-state index in [9.17, 15) is 4.79 Å². The second-order valence-electron chi connectivity index (χ2n) is 5.79. The lowest BCUT2D eigenvalue weighted by Crippen LogP contribution is -2.25. The molecule has 23 heavy (non-hydrogen) atoms. The molecule has 0 atom stereocenters. The molecule has 2 aromatic rings. The van der Waals surface area contributed by atoms with Gasteiger partial charge in [-0.3, -0.25) is 14.8 Å². The number of aromatic nitrogens is 2. The van der Waals surface area contributed by atoms with Crippen LogP contribution in [0.15, 0.2) is 42.9 Å². The Morgan fingerprint density at radius 1 is 1.22 bits per heavy atom. The monoisotopic (exact) mass is 327 g/mol. The summed E-state index contributed by atoms with van der Waals surface area (Å²) in [7, 11) is 0. The molecule has 2 aromatic heterocycles. The highest BCUT2D eigenvalue weighted by atomic mass is 32.2. The van der Waals surface area contributed by atoms with Crippen molar-refractivity contribution in [1.29, 1.82) is 0 Å². The molecule has 0 saturated heterocycles. The Bertz CT molecular complexity index is 624. The van der Waals surface area contributed by atoms with Crippen molar-refractivity contribution in [2.24, 2.45) is 0 Å².